The van der Waals surface area contributed by atoms with Crippen molar-refractivity contribution in [3.05, 3.63) is 68.8 Å². The van der Waals surface area contributed by atoms with Gasteiger partial charge in [-0.05, 0) is 59.7 Å². The van der Waals surface area contributed by atoms with Gasteiger partial charge >= 0.3 is 12.1 Å². The second-order valence-electron chi connectivity index (χ2n) is 5.87. The first-order valence-electron chi connectivity index (χ1n) is 7.21. The van der Waals surface area contributed by atoms with E-state index < -0.39 is 23.1 Å². The average Bonchev–Trinajstić information content (AvgIpc) is 2.52. The summed E-state index contributed by atoms with van der Waals surface area (Å²) in [7, 11) is 0. The van der Waals surface area contributed by atoms with Crippen LogP contribution in [0.4, 0.5) is 13.2 Å². The maximum absolute atomic E-state index is 13.3. The lowest BCUT2D eigenvalue weighted by Crippen LogP contribution is -2.33. The van der Waals surface area contributed by atoms with E-state index in [4.69, 9.17) is 4.74 Å². The summed E-state index contributed by atoms with van der Waals surface area (Å²) >= 11 is 1.82. The summed E-state index contributed by atoms with van der Waals surface area (Å²) in [5.74, 6) is -0.696. The van der Waals surface area contributed by atoms with Crippen molar-refractivity contribution in [3.63, 3.8) is 0 Å². The molecule has 6 heteroatoms. The molecule has 2 nitrogen and oxygen atoms in total. The van der Waals surface area contributed by atoms with Gasteiger partial charge in [-0.2, -0.15) is 13.2 Å². The molecule has 0 saturated heterocycles. The molecule has 0 unspecified atom stereocenters. The molecule has 0 aliphatic heterocycles. The highest BCUT2D eigenvalue weighted by atomic mass is 127. The minimum absolute atomic E-state index is 0.0226. The minimum atomic E-state index is -4.53. The predicted octanol–water partition coefficient (Wildman–Crippen LogP) is 5.33. The van der Waals surface area contributed by atoms with E-state index in [1.807, 2.05) is 28.7 Å². The molecule has 0 radical (unpaired) electrons. The van der Waals surface area contributed by atoms with Crippen LogP contribution in [0.3, 0.4) is 0 Å². The number of hydrogen-bond acceptors (Lipinski definition) is 2. The van der Waals surface area contributed by atoms with E-state index in [1.165, 1.54) is 19.9 Å². The van der Waals surface area contributed by atoms with Crippen LogP contribution in [0.25, 0.3) is 0 Å². The van der Waals surface area contributed by atoms with E-state index in [0.29, 0.717) is 3.57 Å². The number of alkyl halides is 3. The molecule has 2 aromatic carbocycles. The summed E-state index contributed by atoms with van der Waals surface area (Å²) in [6, 6.07) is 12.9. The maximum atomic E-state index is 13.3. The minimum Gasteiger partial charge on any atom is -0.460 e. The van der Waals surface area contributed by atoms with Crippen molar-refractivity contribution in [2.45, 2.75) is 32.0 Å². The third kappa shape index (κ3) is 4.28. The monoisotopic (exact) mass is 448 g/mol. The van der Waals surface area contributed by atoms with Crippen molar-refractivity contribution < 1.29 is 22.7 Å². The van der Waals surface area contributed by atoms with Gasteiger partial charge in [0.2, 0.25) is 0 Å². The number of esters is 1. The number of halogens is 4. The number of carbonyl (C=O) groups is 1. The third-order valence-corrected chi connectivity index (χ3v) is 4.35. The molecule has 0 spiro atoms. The standard InChI is InChI=1S/C18H16F3IO2/c1-17(2,16(23)24-11-12-6-4-3-5-7-12)14-9-8-13(22)10-15(14)18(19,20)21/h3-10H,11H2,1-2H3. The van der Waals surface area contributed by atoms with Gasteiger partial charge in [0.05, 0.1) is 11.0 Å². The van der Waals surface area contributed by atoms with Crippen molar-refractivity contribution in [2.75, 3.05) is 0 Å². The number of rotatable bonds is 4. The van der Waals surface area contributed by atoms with Gasteiger partial charge in [-0.1, -0.05) is 36.4 Å². The number of ether oxygens (including phenoxy) is 1. The fourth-order valence-electron chi connectivity index (χ4n) is 2.31. The summed E-state index contributed by atoms with van der Waals surface area (Å²) < 4.78 is 45.6. The zero-order chi connectivity index (χ0) is 18.0. The van der Waals surface area contributed by atoms with Crippen molar-refractivity contribution in [3.8, 4) is 0 Å². The molecule has 0 N–H and O–H groups in total. The van der Waals surface area contributed by atoms with Gasteiger partial charge in [0, 0.05) is 3.57 Å². The number of benzene rings is 2. The molecule has 128 valence electrons. The largest absolute Gasteiger partial charge is 0.460 e. The van der Waals surface area contributed by atoms with E-state index in [2.05, 4.69) is 0 Å². The first kappa shape index (κ1) is 18.8. The van der Waals surface area contributed by atoms with Crippen LogP contribution in [0.5, 0.6) is 0 Å². The Morgan fingerprint density at radius 1 is 1.04 bits per heavy atom. The van der Waals surface area contributed by atoms with Crippen LogP contribution in [0, 0.1) is 3.57 Å². The lowest BCUT2D eigenvalue weighted by atomic mass is 9.81. The molecule has 0 aliphatic rings. The zero-order valence-corrected chi connectivity index (χ0v) is 15.3. The number of carbonyl (C=O) groups excluding carboxylic acids is 1. The molecule has 0 saturated carbocycles. The lowest BCUT2D eigenvalue weighted by Gasteiger charge is -2.26. The van der Waals surface area contributed by atoms with E-state index in [0.717, 1.165) is 11.6 Å². The fourth-order valence-corrected chi connectivity index (χ4v) is 2.80. The molecule has 0 fully saturated rings. The second-order valence-corrected chi connectivity index (χ2v) is 7.12. The molecule has 2 aromatic rings. The van der Waals surface area contributed by atoms with Gasteiger partial charge in [-0.15, -0.1) is 0 Å². The Morgan fingerprint density at radius 3 is 2.25 bits per heavy atom. The highest BCUT2D eigenvalue weighted by Crippen LogP contribution is 2.39. The molecule has 0 atom stereocenters. The smallest absolute Gasteiger partial charge is 0.416 e. The van der Waals surface area contributed by atoms with E-state index in [9.17, 15) is 18.0 Å². The summed E-state index contributed by atoms with van der Waals surface area (Å²) in [4.78, 5) is 12.4. The van der Waals surface area contributed by atoms with Gasteiger partial charge in [0.1, 0.15) is 6.61 Å². The Hall–Kier alpha value is -1.57. The van der Waals surface area contributed by atoms with Gasteiger partial charge in [0.15, 0.2) is 0 Å². The van der Waals surface area contributed by atoms with Crippen molar-refractivity contribution >= 4 is 28.6 Å². The van der Waals surface area contributed by atoms with Crippen LogP contribution in [0.15, 0.2) is 48.5 Å². The van der Waals surface area contributed by atoms with Crippen molar-refractivity contribution in [1.82, 2.24) is 0 Å². The van der Waals surface area contributed by atoms with Crippen LogP contribution >= 0.6 is 22.6 Å². The topological polar surface area (TPSA) is 26.3 Å². The van der Waals surface area contributed by atoms with Crippen LogP contribution in [-0.4, -0.2) is 5.97 Å². The Labute approximate surface area is 152 Å². The number of hydrogen-bond donors (Lipinski definition) is 0. The summed E-state index contributed by atoms with van der Waals surface area (Å²) in [6.45, 7) is 2.91. The molecule has 0 heterocycles. The Morgan fingerprint density at radius 2 is 1.67 bits per heavy atom. The first-order valence-corrected chi connectivity index (χ1v) is 8.28. The molecule has 0 bridgehead atoms. The van der Waals surface area contributed by atoms with Crippen LogP contribution in [-0.2, 0) is 27.7 Å². The van der Waals surface area contributed by atoms with Gasteiger partial charge in [-0.3, -0.25) is 4.79 Å². The Balaban J connectivity index is 2.28. The fraction of sp³-hybridized carbons (Fsp3) is 0.278. The third-order valence-electron chi connectivity index (χ3n) is 3.68. The highest BCUT2D eigenvalue weighted by molar-refractivity contribution is 14.1. The molecule has 0 aliphatic carbocycles. The summed E-state index contributed by atoms with van der Waals surface area (Å²) in [5, 5.41) is 0. The van der Waals surface area contributed by atoms with E-state index in [-0.39, 0.29) is 12.2 Å². The van der Waals surface area contributed by atoms with Gasteiger partial charge < -0.3 is 4.74 Å². The van der Waals surface area contributed by atoms with Gasteiger partial charge in [0.25, 0.3) is 0 Å². The van der Waals surface area contributed by atoms with Crippen LogP contribution in [0.1, 0.15) is 30.5 Å². The summed E-state index contributed by atoms with van der Waals surface area (Å²) in [5.41, 5.74) is -1.53. The van der Waals surface area contributed by atoms with Crippen molar-refractivity contribution in [1.29, 1.82) is 0 Å². The Kier molecular flexibility index (Phi) is 5.57. The van der Waals surface area contributed by atoms with Crippen LogP contribution in [0.2, 0.25) is 0 Å². The van der Waals surface area contributed by atoms with Crippen molar-refractivity contribution in [2.24, 2.45) is 0 Å². The SMILES string of the molecule is CC(C)(C(=O)OCc1ccccc1)c1ccc(I)cc1C(F)(F)F. The quantitative estimate of drug-likeness (QED) is 0.467. The summed E-state index contributed by atoms with van der Waals surface area (Å²) in [6.07, 6.45) is -4.53. The first-order chi connectivity index (χ1) is 11.1. The second kappa shape index (κ2) is 7.13. The molecule has 24 heavy (non-hydrogen) atoms. The predicted molar refractivity (Wildman–Crippen MR) is 93.4 cm³/mol. The van der Waals surface area contributed by atoms with E-state index in [1.54, 1.807) is 30.3 Å². The highest BCUT2D eigenvalue weighted by Gasteiger charge is 2.41. The molecule has 0 amide bonds. The molecular formula is C18H16F3IO2. The molecular weight excluding hydrogens is 432 g/mol. The lowest BCUT2D eigenvalue weighted by molar-refractivity contribution is -0.152. The zero-order valence-electron chi connectivity index (χ0n) is 13.2. The maximum Gasteiger partial charge on any atom is 0.416 e. The van der Waals surface area contributed by atoms with Gasteiger partial charge in [-0.25, -0.2) is 0 Å². The normalized spacial score (nSPS) is 12.1. The van der Waals surface area contributed by atoms with Crippen LogP contribution < -0.4 is 0 Å². The molecule has 0 aromatic heterocycles. The average molecular weight is 448 g/mol. The van der Waals surface area contributed by atoms with E-state index >= 15 is 0 Å². The molecule has 2 rings (SSSR count). The Bertz CT molecular complexity index is 725.